The quantitative estimate of drug-likeness (QED) is 0.211. The van der Waals surface area contributed by atoms with Crippen LogP contribution in [0.4, 0.5) is 0 Å². The number of ether oxygens (including phenoxy) is 8. The standard InChI is InChI=1S/C29H32O14/c1-15(30)37-14-25-26(39-16(2)31)27(40-17(3)32)28(41-18(4)33)29(43-25)42-21-10-11-22(23(34)12-21)24(35)13-38-20-8-6-19(36-5)7-9-20/h6-12,25-29,34H,13-14H2,1-5H3/t25?,26-,27?,28?,29+/m0/s1. The van der Waals surface area contributed by atoms with Crippen molar-refractivity contribution < 1.29 is 67.0 Å². The fraction of sp³-hybridized carbons (Fsp3) is 0.414. The first-order valence-electron chi connectivity index (χ1n) is 13.0. The summed E-state index contributed by atoms with van der Waals surface area (Å²) in [5, 5.41) is 10.6. The van der Waals surface area contributed by atoms with E-state index in [9.17, 15) is 29.1 Å². The van der Waals surface area contributed by atoms with E-state index in [0.717, 1.165) is 33.8 Å². The first-order chi connectivity index (χ1) is 20.4. The summed E-state index contributed by atoms with van der Waals surface area (Å²) in [5.41, 5.74) is -0.0672. The number of benzene rings is 2. The summed E-state index contributed by atoms with van der Waals surface area (Å²) in [6.07, 6.45) is -7.00. The monoisotopic (exact) mass is 604 g/mol. The Labute approximate surface area is 246 Å². The first-order valence-corrected chi connectivity index (χ1v) is 13.0. The molecule has 1 fully saturated rings. The highest BCUT2D eigenvalue weighted by atomic mass is 16.7. The van der Waals surface area contributed by atoms with Gasteiger partial charge < -0.3 is 43.0 Å². The van der Waals surface area contributed by atoms with E-state index in [2.05, 4.69) is 0 Å². The Balaban J connectivity index is 1.84. The van der Waals surface area contributed by atoms with Crippen molar-refractivity contribution in [3.05, 3.63) is 48.0 Å². The van der Waals surface area contributed by atoms with Gasteiger partial charge in [0, 0.05) is 33.8 Å². The van der Waals surface area contributed by atoms with Crippen molar-refractivity contribution in [1.82, 2.24) is 0 Å². The third-order valence-electron chi connectivity index (χ3n) is 5.90. The number of hydrogen-bond acceptors (Lipinski definition) is 14. The lowest BCUT2D eigenvalue weighted by molar-refractivity contribution is -0.288. The predicted octanol–water partition coefficient (Wildman–Crippen LogP) is 2.12. The second-order valence-electron chi connectivity index (χ2n) is 9.25. The first kappa shape index (κ1) is 32.7. The average Bonchev–Trinajstić information content (AvgIpc) is 2.93. The number of phenols is 1. The fourth-order valence-corrected chi connectivity index (χ4v) is 4.14. The number of ketones is 1. The fourth-order valence-electron chi connectivity index (χ4n) is 4.14. The number of rotatable bonds is 12. The maximum absolute atomic E-state index is 12.7. The smallest absolute Gasteiger partial charge is 0.303 e. The molecule has 2 aromatic carbocycles. The molecule has 1 heterocycles. The van der Waals surface area contributed by atoms with E-state index in [1.807, 2.05) is 0 Å². The molecule has 0 aliphatic carbocycles. The normalized spacial score (nSPS) is 21.1. The summed E-state index contributed by atoms with van der Waals surface area (Å²) in [4.78, 5) is 60.0. The van der Waals surface area contributed by atoms with Gasteiger partial charge in [-0.05, 0) is 36.4 Å². The van der Waals surface area contributed by atoms with Crippen LogP contribution in [0, 0.1) is 0 Å². The Kier molecular flexibility index (Phi) is 11.3. The Hall–Kier alpha value is -4.85. The number of aromatic hydroxyl groups is 1. The zero-order chi connectivity index (χ0) is 31.7. The van der Waals surface area contributed by atoms with Gasteiger partial charge in [-0.1, -0.05) is 0 Å². The van der Waals surface area contributed by atoms with Gasteiger partial charge in [-0.3, -0.25) is 24.0 Å². The van der Waals surface area contributed by atoms with Gasteiger partial charge in [0.05, 0.1) is 12.7 Å². The van der Waals surface area contributed by atoms with Crippen LogP contribution in [-0.4, -0.2) is 85.8 Å². The summed E-state index contributed by atoms with van der Waals surface area (Å²) >= 11 is 0. The molecule has 0 radical (unpaired) electrons. The van der Waals surface area contributed by atoms with Crippen molar-refractivity contribution in [1.29, 1.82) is 0 Å². The Morgan fingerprint density at radius 1 is 0.744 bits per heavy atom. The van der Waals surface area contributed by atoms with Crippen molar-refractivity contribution in [2.75, 3.05) is 20.3 Å². The van der Waals surface area contributed by atoms with Crippen LogP contribution >= 0.6 is 0 Å². The van der Waals surface area contributed by atoms with Crippen LogP contribution in [-0.2, 0) is 42.9 Å². The molecule has 3 unspecified atom stereocenters. The van der Waals surface area contributed by atoms with Gasteiger partial charge in [0.1, 0.15) is 35.7 Å². The Morgan fingerprint density at radius 2 is 1.30 bits per heavy atom. The second kappa shape index (κ2) is 14.9. The van der Waals surface area contributed by atoms with Crippen LogP contribution < -0.4 is 14.2 Å². The van der Waals surface area contributed by atoms with Gasteiger partial charge in [0.15, 0.2) is 18.8 Å². The second-order valence-corrected chi connectivity index (χ2v) is 9.25. The minimum atomic E-state index is -1.51. The molecule has 1 saturated heterocycles. The van der Waals surface area contributed by atoms with E-state index >= 15 is 0 Å². The van der Waals surface area contributed by atoms with E-state index in [1.165, 1.54) is 19.2 Å². The third kappa shape index (κ3) is 9.33. The van der Waals surface area contributed by atoms with Crippen molar-refractivity contribution in [3.63, 3.8) is 0 Å². The molecule has 1 N–H and O–H groups in total. The minimum absolute atomic E-state index is 0.0361. The van der Waals surface area contributed by atoms with E-state index in [0.29, 0.717) is 11.5 Å². The lowest BCUT2D eigenvalue weighted by atomic mass is 9.98. The van der Waals surface area contributed by atoms with E-state index in [-0.39, 0.29) is 17.9 Å². The molecule has 3 rings (SSSR count). The Bertz CT molecular complexity index is 1320. The zero-order valence-electron chi connectivity index (χ0n) is 24.1. The summed E-state index contributed by atoms with van der Waals surface area (Å²) in [5.74, 6) is -3.05. The van der Waals surface area contributed by atoms with Crippen LogP contribution in [0.5, 0.6) is 23.0 Å². The third-order valence-corrected chi connectivity index (χ3v) is 5.90. The van der Waals surface area contributed by atoms with Gasteiger partial charge in [-0.25, -0.2) is 0 Å². The van der Waals surface area contributed by atoms with Gasteiger partial charge >= 0.3 is 23.9 Å². The topological polar surface area (TPSA) is 179 Å². The van der Waals surface area contributed by atoms with Crippen LogP contribution in [0.25, 0.3) is 0 Å². The SMILES string of the molecule is COc1ccc(OCC(=O)c2ccc(O[C@@H]3OC(COC(C)=O)[C@H](OC(C)=O)C(OC(C)=O)C3OC(C)=O)cc2O)cc1. The van der Waals surface area contributed by atoms with E-state index in [4.69, 9.17) is 37.9 Å². The molecule has 0 spiro atoms. The number of carbonyl (C=O) groups excluding carboxylic acids is 5. The van der Waals surface area contributed by atoms with Gasteiger partial charge in [0.2, 0.25) is 18.2 Å². The van der Waals surface area contributed by atoms with E-state index < -0.39 is 72.7 Å². The molecular formula is C29H32O14. The number of methoxy groups -OCH3 is 1. The molecule has 0 bridgehead atoms. The molecule has 0 aromatic heterocycles. The average molecular weight is 605 g/mol. The molecule has 5 atom stereocenters. The molecule has 1 aliphatic rings. The predicted molar refractivity (Wildman–Crippen MR) is 144 cm³/mol. The summed E-state index contributed by atoms with van der Waals surface area (Å²) in [6, 6.07) is 10.3. The lowest BCUT2D eigenvalue weighted by Crippen LogP contribution is -2.63. The van der Waals surface area contributed by atoms with Crippen LogP contribution in [0.2, 0.25) is 0 Å². The lowest BCUT2D eigenvalue weighted by Gasteiger charge is -2.43. The zero-order valence-corrected chi connectivity index (χ0v) is 24.1. The summed E-state index contributed by atoms with van der Waals surface area (Å²) < 4.78 is 43.4. The van der Waals surface area contributed by atoms with Gasteiger partial charge in [-0.15, -0.1) is 0 Å². The summed E-state index contributed by atoms with van der Waals surface area (Å²) in [6.45, 7) is 3.62. The van der Waals surface area contributed by atoms with Crippen LogP contribution in [0.1, 0.15) is 38.1 Å². The highest BCUT2D eigenvalue weighted by Gasteiger charge is 2.53. The largest absolute Gasteiger partial charge is 0.507 e. The molecule has 14 nitrogen and oxygen atoms in total. The number of phenolic OH excluding ortho intramolecular Hbond substituents is 1. The molecule has 1 aliphatic heterocycles. The van der Waals surface area contributed by atoms with Crippen molar-refractivity contribution in [2.45, 2.75) is 58.4 Å². The molecule has 2 aromatic rings. The highest BCUT2D eigenvalue weighted by molar-refractivity contribution is 5.99. The van der Waals surface area contributed by atoms with Crippen molar-refractivity contribution in [3.8, 4) is 23.0 Å². The van der Waals surface area contributed by atoms with Crippen LogP contribution in [0.3, 0.4) is 0 Å². The van der Waals surface area contributed by atoms with Gasteiger partial charge in [0.25, 0.3) is 0 Å². The molecule has 0 saturated carbocycles. The maximum Gasteiger partial charge on any atom is 0.303 e. The van der Waals surface area contributed by atoms with Crippen molar-refractivity contribution in [2.24, 2.45) is 0 Å². The number of carbonyl (C=O) groups is 5. The maximum atomic E-state index is 12.7. The molecular weight excluding hydrogens is 572 g/mol. The number of hydrogen-bond donors (Lipinski definition) is 1. The number of Topliss-reactive ketones (excluding diaryl/α,β-unsaturated/α-hetero) is 1. The summed E-state index contributed by atoms with van der Waals surface area (Å²) in [7, 11) is 1.52. The van der Waals surface area contributed by atoms with E-state index in [1.54, 1.807) is 24.3 Å². The molecule has 0 amide bonds. The van der Waals surface area contributed by atoms with Crippen LogP contribution in [0.15, 0.2) is 42.5 Å². The number of esters is 4. The van der Waals surface area contributed by atoms with Crippen molar-refractivity contribution >= 4 is 29.7 Å². The molecule has 43 heavy (non-hydrogen) atoms. The van der Waals surface area contributed by atoms with Gasteiger partial charge in [-0.2, -0.15) is 0 Å². The molecule has 14 heteroatoms. The molecule has 232 valence electrons. The highest BCUT2D eigenvalue weighted by Crippen LogP contribution is 2.32. The Morgan fingerprint density at radius 3 is 1.86 bits per heavy atom. The minimum Gasteiger partial charge on any atom is -0.507 e.